The number of carbonyl (C=O) groups excluding carboxylic acids is 2. The van der Waals surface area contributed by atoms with Crippen LogP contribution >= 0.6 is 12.4 Å². The van der Waals surface area contributed by atoms with Crippen LogP contribution in [0.15, 0.2) is 36.4 Å². The quantitative estimate of drug-likeness (QED) is 0.782. The number of carbonyl (C=O) groups is 2. The molecule has 2 amide bonds. The molecule has 0 saturated heterocycles. The summed E-state index contributed by atoms with van der Waals surface area (Å²) in [6, 6.07) is 10.1. The van der Waals surface area contributed by atoms with Gasteiger partial charge in [0.25, 0.3) is 11.8 Å². The summed E-state index contributed by atoms with van der Waals surface area (Å²) < 4.78 is 5.56. The second-order valence-corrected chi connectivity index (χ2v) is 5.87. The number of rotatable bonds is 5. The Hall–Kier alpha value is -2.73. The smallest absolute Gasteiger partial charge is 0.256 e. The van der Waals surface area contributed by atoms with E-state index in [0.717, 1.165) is 5.56 Å². The maximum atomic E-state index is 12.6. The van der Waals surface area contributed by atoms with Crippen LogP contribution in [0, 0.1) is 6.92 Å². The maximum Gasteiger partial charge on any atom is 0.256 e. The Bertz CT molecular complexity index is 807. The fourth-order valence-corrected chi connectivity index (χ4v) is 2.37. The lowest BCUT2D eigenvalue weighted by molar-refractivity contribution is 0.0827. The van der Waals surface area contributed by atoms with E-state index in [1.54, 1.807) is 50.5 Å². The lowest BCUT2D eigenvalue weighted by Crippen LogP contribution is -2.22. The molecule has 3 N–H and O–H groups in total. The van der Waals surface area contributed by atoms with Crippen molar-refractivity contribution in [3.8, 4) is 5.75 Å². The van der Waals surface area contributed by atoms with Crippen LogP contribution in [-0.4, -0.2) is 37.4 Å². The molecule has 0 aliphatic carbocycles. The number of nitrogens with two attached hydrogens (primary N) is 1. The molecule has 2 rings (SSSR count). The van der Waals surface area contributed by atoms with Crippen LogP contribution in [0.3, 0.4) is 0 Å². The van der Waals surface area contributed by atoms with E-state index in [0.29, 0.717) is 34.9 Å². The van der Waals surface area contributed by atoms with E-state index < -0.39 is 0 Å². The van der Waals surface area contributed by atoms with Crippen molar-refractivity contribution in [2.24, 2.45) is 0 Å². The number of nitrogen functional groups attached to an aromatic ring is 1. The summed E-state index contributed by atoms with van der Waals surface area (Å²) in [6.07, 6.45) is 0. The molecule has 2 aromatic carbocycles. The molecular formula is C19H24ClN3O3. The van der Waals surface area contributed by atoms with Crippen LogP contribution in [0.4, 0.5) is 11.4 Å². The summed E-state index contributed by atoms with van der Waals surface area (Å²) in [5.74, 6) is 0.0478. The first kappa shape index (κ1) is 21.3. The molecule has 0 aromatic heterocycles. The topological polar surface area (TPSA) is 84.7 Å². The Morgan fingerprint density at radius 3 is 2.46 bits per heavy atom. The predicted molar refractivity (Wildman–Crippen MR) is 106 cm³/mol. The minimum Gasteiger partial charge on any atom is -0.492 e. The van der Waals surface area contributed by atoms with Gasteiger partial charge in [0, 0.05) is 30.9 Å². The normalized spacial score (nSPS) is 9.85. The average molecular weight is 378 g/mol. The predicted octanol–water partition coefficient (Wildman–Crippen LogP) is 3.35. The van der Waals surface area contributed by atoms with E-state index in [1.165, 1.54) is 4.90 Å². The van der Waals surface area contributed by atoms with Gasteiger partial charge >= 0.3 is 0 Å². The van der Waals surface area contributed by atoms with Crippen molar-refractivity contribution < 1.29 is 14.3 Å². The van der Waals surface area contributed by atoms with Crippen LogP contribution in [0.2, 0.25) is 0 Å². The Balaban J connectivity index is 0.00000338. The third kappa shape index (κ3) is 4.89. The number of nitrogens with zero attached hydrogens (tertiary/aromatic N) is 1. The lowest BCUT2D eigenvalue weighted by Gasteiger charge is -2.16. The minimum atomic E-state index is -0.305. The summed E-state index contributed by atoms with van der Waals surface area (Å²) in [7, 11) is 3.35. The number of ether oxygens (including phenoxy) is 1. The number of aryl methyl sites for hydroxylation is 1. The first-order valence-corrected chi connectivity index (χ1v) is 7.99. The third-order valence-electron chi connectivity index (χ3n) is 3.69. The molecule has 0 spiro atoms. The van der Waals surface area contributed by atoms with Gasteiger partial charge in [0.1, 0.15) is 5.75 Å². The SMILES string of the molecule is CCOc1ccc(C(=O)N(C)C)cc1NC(=O)c1cc(N)ccc1C.Cl. The summed E-state index contributed by atoms with van der Waals surface area (Å²) in [6.45, 7) is 4.14. The van der Waals surface area contributed by atoms with E-state index >= 15 is 0 Å². The molecule has 2 aromatic rings. The molecule has 0 atom stereocenters. The Kier molecular flexibility index (Phi) is 7.46. The van der Waals surface area contributed by atoms with Gasteiger partial charge in [0.2, 0.25) is 0 Å². The maximum absolute atomic E-state index is 12.6. The lowest BCUT2D eigenvalue weighted by atomic mass is 10.1. The second kappa shape index (κ2) is 9.10. The number of benzene rings is 2. The molecule has 0 unspecified atom stereocenters. The van der Waals surface area contributed by atoms with Gasteiger partial charge in [-0.15, -0.1) is 12.4 Å². The van der Waals surface area contributed by atoms with E-state index in [2.05, 4.69) is 5.32 Å². The summed E-state index contributed by atoms with van der Waals surface area (Å²) in [5, 5.41) is 2.82. The molecule has 0 radical (unpaired) electrons. The highest BCUT2D eigenvalue weighted by molar-refractivity contribution is 6.07. The molecule has 0 aliphatic rings. The molecule has 140 valence electrons. The number of hydrogen-bond donors (Lipinski definition) is 2. The zero-order chi connectivity index (χ0) is 18.6. The molecule has 0 bridgehead atoms. The molecule has 0 heterocycles. The number of nitrogens with one attached hydrogen (secondary N) is 1. The van der Waals surface area contributed by atoms with Gasteiger partial charge in [0.15, 0.2) is 0 Å². The summed E-state index contributed by atoms with van der Waals surface area (Å²) in [4.78, 5) is 26.3. The van der Waals surface area contributed by atoms with Crippen molar-refractivity contribution in [1.29, 1.82) is 0 Å². The van der Waals surface area contributed by atoms with Gasteiger partial charge in [0.05, 0.1) is 12.3 Å². The average Bonchev–Trinajstić information content (AvgIpc) is 2.57. The summed E-state index contributed by atoms with van der Waals surface area (Å²) in [5.41, 5.74) is 8.49. The largest absolute Gasteiger partial charge is 0.492 e. The highest BCUT2D eigenvalue weighted by atomic mass is 35.5. The molecule has 26 heavy (non-hydrogen) atoms. The first-order valence-electron chi connectivity index (χ1n) is 7.99. The third-order valence-corrected chi connectivity index (χ3v) is 3.69. The van der Waals surface area contributed by atoms with Gasteiger partial charge in [-0.3, -0.25) is 9.59 Å². The molecule has 0 aliphatic heterocycles. The first-order chi connectivity index (χ1) is 11.8. The number of hydrogen-bond acceptors (Lipinski definition) is 4. The number of halogens is 1. The van der Waals surface area contributed by atoms with Gasteiger partial charge in [-0.1, -0.05) is 6.07 Å². The van der Waals surface area contributed by atoms with Crippen molar-refractivity contribution in [3.63, 3.8) is 0 Å². The molecule has 0 saturated carbocycles. The molecule has 0 fully saturated rings. The van der Waals surface area contributed by atoms with Gasteiger partial charge in [-0.05, 0) is 49.7 Å². The molecular weight excluding hydrogens is 354 g/mol. The van der Waals surface area contributed by atoms with Gasteiger partial charge in [-0.25, -0.2) is 0 Å². The van der Waals surface area contributed by atoms with Crippen LogP contribution in [-0.2, 0) is 0 Å². The highest BCUT2D eigenvalue weighted by Crippen LogP contribution is 2.27. The Morgan fingerprint density at radius 1 is 1.15 bits per heavy atom. The monoisotopic (exact) mass is 377 g/mol. The van der Waals surface area contributed by atoms with Crippen molar-refractivity contribution in [1.82, 2.24) is 4.90 Å². The van der Waals surface area contributed by atoms with Crippen molar-refractivity contribution >= 4 is 35.6 Å². The number of anilines is 2. The van der Waals surface area contributed by atoms with Crippen molar-refractivity contribution in [2.45, 2.75) is 13.8 Å². The zero-order valence-corrected chi connectivity index (χ0v) is 16.1. The number of amides is 2. The van der Waals surface area contributed by atoms with E-state index in [-0.39, 0.29) is 24.2 Å². The minimum absolute atomic E-state index is 0. The molecule has 7 heteroatoms. The van der Waals surface area contributed by atoms with Crippen LogP contribution in [0.1, 0.15) is 33.2 Å². The van der Waals surface area contributed by atoms with E-state index in [4.69, 9.17) is 10.5 Å². The van der Waals surface area contributed by atoms with Crippen LogP contribution < -0.4 is 15.8 Å². The highest BCUT2D eigenvalue weighted by Gasteiger charge is 2.16. The Labute approximate surface area is 159 Å². The van der Waals surface area contributed by atoms with Crippen molar-refractivity contribution in [2.75, 3.05) is 31.8 Å². The fraction of sp³-hybridized carbons (Fsp3) is 0.263. The van der Waals surface area contributed by atoms with Gasteiger partial charge in [-0.2, -0.15) is 0 Å². The standard InChI is InChI=1S/C19H23N3O3.ClH/c1-5-25-17-9-7-13(19(24)22(3)4)10-16(17)21-18(23)15-11-14(20)8-6-12(15)2;/h6-11H,5,20H2,1-4H3,(H,21,23);1H. The van der Waals surface area contributed by atoms with Crippen LogP contribution in [0.25, 0.3) is 0 Å². The molecule has 6 nitrogen and oxygen atoms in total. The van der Waals surface area contributed by atoms with Gasteiger partial charge < -0.3 is 20.7 Å². The zero-order valence-electron chi connectivity index (χ0n) is 15.3. The Morgan fingerprint density at radius 2 is 1.85 bits per heavy atom. The second-order valence-electron chi connectivity index (χ2n) is 5.87. The van der Waals surface area contributed by atoms with Crippen molar-refractivity contribution in [3.05, 3.63) is 53.1 Å². The van der Waals surface area contributed by atoms with Crippen LogP contribution in [0.5, 0.6) is 5.75 Å². The van der Waals surface area contributed by atoms with E-state index in [9.17, 15) is 9.59 Å². The fourth-order valence-electron chi connectivity index (χ4n) is 2.37. The van der Waals surface area contributed by atoms with E-state index in [1.807, 2.05) is 13.8 Å². The summed E-state index contributed by atoms with van der Waals surface area (Å²) >= 11 is 0.